The third-order valence-electron chi connectivity index (χ3n) is 4.83. The van der Waals surface area contributed by atoms with Gasteiger partial charge in [0.15, 0.2) is 0 Å². The molecule has 0 saturated carbocycles. The SMILES string of the molecule is CCCCN(CCC(=O)N(CCN(C)C)Cc1ccccc1)C(=O)c1cnccn1. The number of rotatable bonds is 12. The van der Waals surface area contributed by atoms with Crippen molar-refractivity contribution in [3.05, 3.63) is 60.2 Å². The number of aromatic nitrogens is 2. The highest BCUT2D eigenvalue weighted by atomic mass is 16.2. The van der Waals surface area contributed by atoms with Crippen molar-refractivity contribution in [3.63, 3.8) is 0 Å². The molecule has 0 aliphatic rings. The van der Waals surface area contributed by atoms with Crippen molar-refractivity contribution in [1.82, 2.24) is 24.7 Å². The van der Waals surface area contributed by atoms with Crippen LogP contribution in [0.2, 0.25) is 0 Å². The van der Waals surface area contributed by atoms with Crippen molar-refractivity contribution in [2.24, 2.45) is 0 Å². The molecule has 1 aromatic carbocycles. The molecule has 0 aliphatic heterocycles. The standard InChI is InChI=1S/C23H33N5O2/c1-4-5-14-27(23(30)21-18-24-12-13-25-21)15-11-22(29)28(17-16-26(2)3)19-20-9-7-6-8-10-20/h6-10,12-13,18H,4-5,11,14-17,19H2,1-3H3. The molecule has 2 aromatic rings. The Morgan fingerprint density at radius 1 is 0.933 bits per heavy atom. The molecule has 0 unspecified atom stereocenters. The van der Waals surface area contributed by atoms with Gasteiger partial charge < -0.3 is 14.7 Å². The highest BCUT2D eigenvalue weighted by Crippen LogP contribution is 2.09. The number of benzene rings is 1. The fraction of sp³-hybridized carbons (Fsp3) is 0.478. The average Bonchev–Trinajstić information content (AvgIpc) is 2.77. The molecule has 0 spiro atoms. The lowest BCUT2D eigenvalue weighted by atomic mass is 10.2. The summed E-state index contributed by atoms with van der Waals surface area (Å²) in [4.78, 5) is 39.6. The van der Waals surface area contributed by atoms with Crippen LogP contribution >= 0.6 is 0 Å². The monoisotopic (exact) mass is 411 g/mol. The van der Waals surface area contributed by atoms with E-state index in [0.29, 0.717) is 31.9 Å². The molecule has 0 fully saturated rings. The summed E-state index contributed by atoms with van der Waals surface area (Å²) in [5.74, 6) is -0.124. The van der Waals surface area contributed by atoms with Gasteiger partial charge >= 0.3 is 0 Å². The predicted molar refractivity (Wildman–Crippen MR) is 118 cm³/mol. The van der Waals surface area contributed by atoms with Crippen LogP contribution in [0.3, 0.4) is 0 Å². The first-order valence-electron chi connectivity index (χ1n) is 10.5. The van der Waals surface area contributed by atoms with Crippen LogP contribution in [-0.4, -0.2) is 76.8 Å². The van der Waals surface area contributed by atoms with Crippen LogP contribution in [-0.2, 0) is 11.3 Å². The van der Waals surface area contributed by atoms with Crippen molar-refractivity contribution >= 4 is 11.8 Å². The first kappa shape index (κ1) is 23.5. The third kappa shape index (κ3) is 7.91. The molecule has 0 saturated heterocycles. The minimum Gasteiger partial charge on any atom is -0.337 e. The minimum absolute atomic E-state index is 0.0501. The van der Waals surface area contributed by atoms with Gasteiger partial charge in [-0.1, -0.05) is 43.7 Å². The highest BCUT2D eigenvalue weighted by molar-refractivity contribution is 5.92. The number of unbranched alkanes of at least 4 members (excludes halogenated alkanes) is 1. The Labute approximate surface area is 179 Å². The van der Waals surface area contributed by atoms with Crippen LogP contribution in [0, 0.1) is 0 Å². The topological polar surface area (TPSA) is 69.6 Å². The lowest BCUT2D eigenvalue weighted by Gasteiger charge is -2.27. The summed E-state index contributed by atoms with van der Waals surface area (Å²) in [6.45, 7) is 5.07. The minimum atomic E-state index is -0.174. The Bertz CT molecular complexity index is 768. The average molecular weight is 412 g/mol. The molecule has 162 valence electrons. The quantitative estimate of drug-likeness (QED) is 0.537. The molecule has 0 bridgehead atoms. The largest absolute Gasteiger partial charge is 0.337 e. The van der Waals surface area contributed by atoms with Gasteiger partial charge in [-0.05, 0) is 26.1 Å². The van der Waals surface area contributed by atoms with Gasteiger partial charge in [0.1, 0.15) is 5.69 Å². The molecule has 2 rings (SSSR count). The number of hydrogen-bond acceptors (Lipinski definition) is 5. The van der Waals surface area contributed by atoms with Gasteiger partial charge in [0.05, 0.1) is 6.20 Å². The van der Waals surface area contributed by atoms with Crippen LogP contribution in [0.5, 0.6) is 0 Å². The van der Waals surface area contributed by atoms with E-state index >= 15 is 0 Å². The zero-order valence-electron chi connectivity index (χ0n) is 18.3. The summed E-state index contributed by atoms with van der Waals surface area (Å²) < 4.78 is 0. The summed E-state index contributed by atoms with van der Waals surface area (Å²) in [6, 6.07) is 9.99. The molecule has 0 N–H and O–H groups in total. The van der Waals surface area contributed by atoms with Gasteiger partial charge in [-0.25, -0.2) is 4.98 Å². The molecule has 7 heteroatoms. The second-order valence-corrected chi connectivity index (χ2v) is 7.59. The van der Waals surface area contributed by atoms with E-state index in [1.165, 1.54) is 12.4 Å². The van der Waals surface area contributed by atoms with E-state index in [4.69, 9.17) is 0 Å². The maximum absolute atomic E-state index is 13.0. The molecule has 0 aliphatic carbocycles. The van der Waals surface area contributed by atoms with E-state index in [-0.39, 0.29) is 18.2 Å². The summed E-state index contributed by atoms with van der Waals surface area (Å²) in [7, 11) is 3.99. The predicted octanol–water partition coefficient (Wildman–Crippen LogP) is 2.70. The van der Waals surface area contributed by atoms with E-state index in [1.807, 2.05) is 49.3 Å². The van der Waals surface area contributed by atoms with Crippen LogP contribution in [0.1, 0.15) is 42.2 Å². The molecular weight excluding hydrogens is 378 g/mol. The van der Waals surface area contributed by atoms with E-state index in [2.05, 4.69) is 21.8 Å². The maximum atomic E-state index is 13.0. The van der Waals surface area contributed by atoms with Crippen LogP contribution in [0.15, 0.2) is 48.9 Å². The normalized spacial score (nSPS) is 10.8. The van der Waals surface area contributed by atoms with Gasteiger partial charge in [-0.15, -0.1) is 0 Å². The summed E-state index contributed by atoms with van der Waals surface area (Å²) >= 11 is 0. The number of nitrogens with zero attached hydrogens (tertiary/aromatic N) is 5. The number of carbonyl (C=O) groups is 2. The van der Waals surface area contributed by atoms with Crippen molar-refractivity contribution in [2.75, 3.05) is 40.3 Å². The summed E-state index contributed by atoms with van der Waals surface area (Å²) in [6.07, 6.45) is 6.68. The van der Waals surface area contributed by atoms with Gasteiger partial charge in [-0.2, -0.15) is 0 Å². The first-order valence-corrected chi connectivity index (χ1v) is 10.5. The Morgan fingerprint density at radius 3 is 2.33 bits per heavy atom. The van der Waals surface area contributed by atoms with E-state index in [0.717, 1.165) is 24.9 Å². The second kappa shape index (κ2) is 12.7. The molecule has 30 heavy (non-hydrogen) atoms. The zero-order valence-corrected chi connectivity index (χ0v) is 18.3. The van der Waals surface area contributed by atoms with Crippen LogP contribution in [0.4, 0.5) is 0 Å². The molecule has 7 nitrogen and oxygen atoms in total. The fourth-order valence-electron chi connectivity index (χ4n) is 3.04. The maximum Gasteiger partial charge on any atom is 0.274 e. The van der Waals surface area contributed by atoms with Crippen LogP contribution < -0.4 is 0 Å². The van der Waals surface area contributed by atoms with Crippen molar-refractivity contribution < 1.29 is 9.59 Å². The Morgan fingerprint density at radius 2 is 1.70 bits per heavy atom. The summed E-state index contributed by atoms with van der Waals surface area (Å²) in [5, 5.41) is 0. The Kier molecular flexibility index (Phi) is 9.94. The molecule has 0 atom stereocenters. The molecular formula is C23H33N5O2. The Hall–Kier alpha value is -2.80. The van der Waals surface area contributed by atoms with E-state index in [1.54, 1.807) is 11.1 Å². The smallest absolute Gasteiger partial charge is 0.274 e. The summed E-state index contributed by atoms with van der Waals surface area (Å²) in [5.41, 5.74) is 1.41. The molecule has 1 heterocycles. The first-order chi connectivity index (χ1) is 14.5. The second-order valence-electron chi connectivity index (χ2n) is 7.59. The van der Waals surface area contributed by atoms with Gasteiger partial charge in [0.2, 0.25) is 5.91 Å². The number of hydrogen-bond donors (Lipinski definition) is 0. The van der Waals surface area contributed by atoms with Crippen LogP contribution in [0.25, 0.3) is 0 Å². The number of carbonyl (C=O) groups excluding carboxylic acids is 2. The Balaban J connectivity index is 2.03. The van der Waals surface area contributed by atoms with Crippen molar-refractivity contribution in [3.8, 4) is 0 Å². The van der Waals surface area contributed by atoms with Gasteiger partial charge in [0.25, 0.3) is 5.91 Å². The number of likely N-dealkylation sites (N-methyl/N-ethyl adjacent to an activating group) is 1. The lowest BCUT2D eigenvalue weighted by molar-refractivity contribution is -0.132. The lowest BCUT2D eigenvalue weighted by Crippen LogP contribution is -2.40. The third-order valence-corrected chi connectivity index (χ3v) is 4.83. The fourth-order valence-corrected chi connectivity index (χ4v) is 3.04. The van der Waals surface area contributed by atoms with Gasteiger partial charge in [0, 0.05) is 51.5 Å². The highest BCUT2D eigenvalue weighted by Gasteiger charge is 2.20. The van der Waals surface area contributed by atoms with Crippen molar-refractivity contribution in [2.45, 2.75) is 32.7 Å². The zero-order chi connectivity index (χ0) is 21.8. The number of amides is 2. The van der Waals surface area contributed by atoms with Crippen molar-refractivity contribution in [1.29, 1.82) is 0 Å². The van der Waals surface area contributed by atoms with E-state index < -0.39 is 0 Å². The van der Waals surface area contributed by atoms with Gasteiger partial charge in [-0.3, -0.25) is 14.6 Å². The van der Waals surface area contributed by atoms with E-state index in [9.17, 15) is 9.59 Å². The molecule has 0 radical (unpaired) electrons. The molecule has 1 aromatic heterocycles. The molecule has 2 amide bonds.